The Bertz CT molecular complexity index is 214. The second-order valence-corrected chi connectivity index (χ2v) is 5.38. The maximum Gasteiger partial charge on any atom is 0.0700 e. The Morgan fingerprint density at radius 1 is 1.21 bits per heavy atom. The number of hydrogen-bond donors (Lipinski definition) is 1. The minimum absolute atomic E-state index is 0.700. The highest BCUT2D eigenvalue weighted by atomic mass is 16.5. The summed E-state index contributed by atoms with van der Waals surface area (Å²) in [6, 6.07) is 0.726. The molecule has 4 heteroatoms. The summed E-state index contributed by atoms with van der Waals surface area (Å²) in [5.74, 6) is 0.808. The number of rotatable bonds is 10. The minimum atomic E-state index is 0.700. The van der Waals surface area contributed by atoms with Crippen LogP contribution in [0.3, 0.4) is 0 Å². The molecule has 114 valence electrons. The SMILES string of the molecule is CCNC1CCN(CCCOCCOC)CC1CC. The fraction of sp³-hybridized carbons (Fsp3) is 1.00. The number of nitrogens with zero attached hydrogens (tertiary/aromatic N) is 1. The van der Waals surface area contributed by atoms with Crippen molar-refractivity contribution < 1.29 is 9.47 Å². The number of nitrogens with one attached hydrogen (secondary N) is 1. The highest BCUT2D eigenvalue weighted by molar-refractivity contribution is 4.84. The van der Waals surface area contributed by atoms with Crippen molar-refractivity contribution >= 4 is 0 Å². The van der Waals surface area contributed by atoms with Gasteiger partial charge in [-0.05, 0) is 31.8 Å². The van der Waals surface area contributed by atoms with Crippen LogP contribution >= 0.6 is 0 Å². The maximum atomic E-state index is 5.51. The van der Waals surface area contributed by atoms with Gasteiger partial charge in [0.25, 0.3) is 0 Å². The molecule has 2 atom stereocenters. The zero-order valence-corrected chi connectivity index (χ0v) is 13.0. The Labute approximate surface area is 118 Å². The van der Waals surface area contributed by atoms with E-state index >= 15 is 0 Å². The van der Waals surface area contributed by atoms with Crippen molar-refractivity contribution in [2.75, 3.05) is 53.1 Å². The van der Waals surface area contributed by atoms with E-state index in [-0.39, 0.29) is 0 Å². The van der Waals surface area contributed by atoms with Gasteiger partial charge in [0.15, 0.2) is 0 Å². The molecule has 0 radical (unpaired) electrons. The van der Waals surface area contributed by atoms with E-state index in [1.165, 1.54) is 32.5 Å². The molecule has 1 rings (SSSR count). The second kappa shape index (κ2) is 10.6. The van der Waals surface area contributed by atoms with Crippen molar-refractivity contribution in [2.24, 2.45) is 5.92 Å². The van der Waals surface area contributed by atoms with Crippen molar-refractivity contribution in [3.8, 4) is 0 Å². The average Bonchev–Trinajstić information content (AvgIpc) is 2.44. The molecule has 0 spiro atoms. The summed E-state index contributed by atoms with van der Waals surface area (Å²) in [7, 11) is 1.71. The van der Waals surface area contributed by atoms with Gasteiger partial charge in [0, 0.05) is 32.8 Å². The number of hydrogen-bond acceptors (Lipinski definition) is 4. The van der Waals surface area contributed by atoms with E-state index in [0.717, 1.165) is 38.1 Å². The molecule has 0 aliphatic carbocycles. The summed E-state index contributed by atoms with van der Waals surface area (Å²) < 4.78 is 10.5. The first-order valence-corrected chi connectivity index (χ1v) is 7.84. The predicted octanol–water partition coefficient (Wildman–Crippen LogP) is 1.75. The average molecular weight is 272 g/mol. The van der Waals surface area contributed by atoms with E-state index in [1.54, 1.807) is 7.11 Å². The van der Waals surface area contributed by atoms with Crippen LogP contribution < -0.4 is 5.32 Å². The Morgan fingerprint density at radius 2 is 2.05 bits per heavy atom. The van der Waals surface area contributed by atoms with Gasteiger partial charge in [-0.2, -0.15) is 0 Å². The lowest BCUT2D eigenvalue weighted by Gasteiger charge is -2.38. The molecular weight excluding hydrogens is 240 g/mol. The van der Waals surface area contributed by atoms with Crippen molar-refractivity contribution in [3.63, 3.8) is 0 Å². The monoisotopic (exact) mass is 272 g/mol. The molecule has 0 amide bonds. The molecule has 0 saturated carbocycles. The molecule has 2 unspecified atom stereocenters. The van der Waals surface area contributed by atoms with Gasteiger partial charge in [-0.25, -0.2) is 0 Å². The van der Waals surface area contributed by atoms with Gasteiger partial charge < -0.3 is 19.7 Å². The van der Waals surface area contributed by atoms with E-state index < -0.39 is 0 Å². The predicted molar refractivity (Wildman–Crippen MR) is 79.6 cm³/mol. The van der Waals surface area contributed by atoms with Crippen molar-refractivity contribution in [1.82, 2.24) is 10.2 Å². The van der Waals surface area contributed by atoms with Crippen LogP contribution in [0.2, 0.25) is 0 Å². The maximum absolute atomic E-state index is 5.51. The van der Waals surface area contributed by atoms with Gasteiger partial charge in [0.1, 0.15) is 0 Å². The summed E-state index contributed by atoms with van der Waals surface area (Å²) >= 11 is 0. The molecule has 1 saturated heterocycles. The first kappa shape index (κ1) is 16.9. The van der Waals surface area contributed by atoms with E-state index in [4.69, 9.17) is 9.47 Å². The molecular formula is C15H32N2O2. The number of methoxy groups -OCH3 is 1. The number of ether oxygens (including phenoxy) is 2. The second-order valence-electron chi connectivity index (χ2n) is 5.38. The fourth-order valence-corrected chi connectivity index (χ4v) is 2.89. The highest BCUT2D eigenvalue weighted by Gasteiger charge is 2.26. The van der Waals surface area contributed by atoms with Gasteiger partial charge in [-0.3, -0.25) is 0 Å². The Hall–Kier alpha value is -0.160. The summed E-state index contributed by atoms with van der Waals surface area (Å²) in [5.41, 5.74) is 0. The standard InChI is InChI=1S/C15H32N2O2/c1-4-14-13-17(9-7-15(14)16-5-2)8-6-10-19-12-11-18-3/h14-16H,4-13H2,1-3H3. The van der Waals surface area contributed by atoms with Gasteiger partial charge in [-0.15, -0.1) is 0 Å². The Morgan fingerprint density at radius 3 is 2.74 bits per heavy atom. The molecule has 0 aromatic heterocycles. The number of likely N-dealkylation sites (tertiary alicyclic amines) is 1. The third-order valence-electron chi connectivity index (χ3n) is 4.00. The Balaban J connectivity index is 2.12. The summed E-state index contributed by atoms with van der Waals surface area (Å²) in [6.45, 7) is 11.5. The number of piperidine rings is 1. The quantitative estimate of drug-likeness (QED) is 0.614. The van der Waals surface area contributed by atoms with Crippen LogP contribution in [0.1, 0.15) is 33.1 Å². The van der Waals surface area contributed by atoms with Crippen LogP contribution in [0.15, 0.2) is 0 Å². The first-order chi connectivity index (χ1) is 9.31. The lowest BCUT2D eigenvalue weighted by molar-refractivity contribution is 0.0603. The smallest absolute Gasteiger partial charge is 0.0700 e. The van der Waals surface area contributed by atoms with Crippen LogP contribution in [0, 0.1) is 5.92 Å². The summed E-state index contributed by atoms with van der Waals surface area (Å²) in [5, 5.41) is 3.63. The van der Waals surface area contributed by atoms with Crippen LogP contribution in [-0.4, -0.2) is 64.1 Å². The van der Waals surface area contributed by atoms with Crippen LogP contribution in [0.25, 0.3) is 0 Å². The molecule has 0 bridgehead atoms. The molecule has 1 heterocycles. The molecule has 1 aliphatic heterocycles. The third kappa shape index (κ3) is 6.70. The fourth-order valence-electron chi connectivity index (χ4n) is 2.89. The highest BCUT2D eigenvalue weighted by Crippen LogP contribution is 2.20. The van der Waals surface area contributed by atoms with E-state index in [0.29, 0.717) is 6.61 Å². The lowest BCUT2D eigenvalue weighted by atomic mass is 9.90. The van der Waals surface area contributed by atoms with Crippen molar-refractivity contribution in [1.29, 1.82) is 0 Å². The lowest BCUT2D eigenvalue weighted by Crippen LogP contribution is -2.49. The normalized spacial score (nSPS) is 24.8. The van der Waals surface area contributed by atoms with Crippen molar-refractivity contribution in [3.05, 3.63) is 0 Å². The van der Waals surface area contributed by atoms with Crippen LogP contribution in [-0.2, 0) is 9.47 Å². The largest absolute Gasteiger partial charge is 0.382 e. The first-order valence-electron chi connectivity index (χ1n) is 7.84. The summed E-state index contributed by atoms with van der Waals surface area (Å²) in [6.07, 6.45) is 3.70. The molecule has 0 aromatic carbocycles. The van der Waals surface area contributed by atoms with Crippen molar-refractivity contribution in [2.45, 2.75) is 39.2 Å². The van der Waals surface area contributed by atoms with Crippen LogP contribution in [0.5, 0.6) is 0 Å². The Kier molecular flexibility index (Phi) is 9.43. The zero-order valence-electron chi connectivity index (χ0n) is 13.0. The topological polar surface area (TPSA) is 33.7 Å². The molecule has 1 fully saturated rings. The molecule has 19 heavy (non-hydrogen) atoms. The van der Waals surface area contributed by atoms with Crippen LogP contribution in [0.4, 0.5) is 0 Å². The molecule has 4 nitrogen and oxygen atoms in total. The van der Waals surface area contributed by atoms with Gasteiger partial charge in [0.2, 0.25) is 0 Å². The molecule has 1 aliphatic rings. The minimum Gasteiger partial charge on any atom is -0.382 e. The molecule has 1 N–H and O–H groups in total. The van der Waals surface area contributed by atoms with E-state index in [1.807, 2.05) is 0 Å². The summed E-state index contributed by atoms with van der Waals surface area (Å²) in [4.78, 5) is 2.60. The van der Waals surface area contributed by atoms with Gasteiger partial charge in [-0.1, -0.05) is 20.3 Å². The van der Waals surface area contributed by atoms with E-state index in [2.05, 4.69) is 24.1 Å². The van der Waals surface area contributed by atoms with Gasteiger partial charge >= 0.3 is 0 Å². The third-order valence-corrected chi connectivity index (χ3v) is 4.00. The molecule has 0 aromatic rings. The zero-order chi connectivity index (χ0) is 13.9. The van der Waals surface area contributed by atoms with E-state index in [9.17, 15) is 0 Å². The van der Waals surface area contributed by atoms with Gasteiger partial charge in [0.05, 0.1) is 13.2 Å².